The number of urea groups is 1. The highest BCUT2D eigenvalue weighted by molar-refractivity contribution is 5.93. The first kappa shape index (κ1) is 16.5. The number of carbonyl (C=O) groups is 1. The van der Waals surface area contributed by atoms with Crippen molar-refractivity contribution in [3.63, 3.8) is 0 Å². The van der Waals surface area contributed by atoms with Crippen LogP contribution in [-0.4, -0.2) is 45.0 Å². The van der Waals surface area contributed by atoms with Crippen LogP contribution in [0.15, 0.2) is 28.9 Å². The SMILES string of the molecule is Cc1cc(C[C@@H]2COC[C@@H]2NC(=O)Nc2cccn3nc(C)nc23)on1. The maximum Gasteiger partial charge on any atom is 0.319 e. The fraction of sp³-hybridized carbons (Fsp3) is 0.412. The summed E-state index contributed by atoms with van der Waals surface area (Å²) in [4.78, 5) is 16.8. The zero-order valence-electron chi connectivity index (χ0n) is 14.6. The molecule has 0 aromatic carbocycles. The molecule has 1 saturated heterocycles. The van der Waals surface area contributed by atoms with Crippen molar-refractivity contribution in [2.75, 3.05) is 18.5 Å². The van der Waals surface area contributed by atoms with Gasteiger partial charge in [-0.15, -0.1) is 0 Å². The normalized spacial score (nSPS) is 19.8. The first-order valence-corrected chi connectivity index (χ1v) is 8.48. The zero-order chi connectivity index (χ0) is 18.1. The standard InChI is InChI=1S/C17H20N6O3/c1-10-6-13(26-22-10)7-12-8-25-9-15(12)20-17(24)19-14-4-3-5-23-16(14)18-11(2)21-23/h3-6,12,15H,7-9H2,1-2H3,(H2,19,20,24)/t12-,15+/m1/s1. The van der Waals surface area contributed by atoms with E-state index in [-0.39, 0.29) is 18.0 Å². The number of fused-ring (bicyclic) bond motifs is 1. The van der Waals surface area contributed by atoms with E-state index in [9.17, 15) is 4.79 Å². The maximum atomic E-state index is 12.5. The highest BCUT2D eigenvalue weighted by Gasteiger charge is 2.31. The van der Waals surface area contributed by atoms with Crippen LogP contribution in [0.2, 0.25) is 0 Å². The summed E-state index contributed by atoms with van der Waals surface area (Å²) >= 11 is 0. The van der Waals surface area contributed by atoms with E-state index >= 15 is 0 Å². The molecule has 2 atom stereocenters. The Balaban J connectivity index is 1.42. The number of aryl methyl sites for hydroxylation is 2. The highest BCUT2D eigenvalue weighted by atomic mass is 16.5. The lowest BCUT2D eigenvalue weighted by atomic mass is 9.98. The van der Waals surface area contributed by atoms with E-state index < -0.39 is 0 Å². The zero-order valence-corrected chi connectivity index (χ0v) is 14.6. The van der Waals surface area contributed by atoms with Gasteiger partial charge in [0.05, 0.1) is 30.6 Å². The molecule has 0 unspecified atom stereocenters. The van der Waals surface area contributed by atoms with Gasteiger partial charge in [-0.3, -0.25) is 0 Å². The third-order valence-electron chi connectivity index (χ3n) is 4.37. The Morgan fingerprint density at radius 2 is 2.27 bits per heavy atom. The van der Waals surface area contributed by atoms with Gasteiger partial charge in [0, 0.05) is 24.6 Å². The van der Waals surface area contributed by atoms with E-state index in [1.165, 1.54) is 0 Å². The van der Waals surface area contributed by atoms with Crippen LogP contribution in [0.5, 0.6) is 0 Å². The van der Waals surface area contributed by atoms with Gasteiger partial charge in [-0.05, 0) is 26.0 Å². The molecule has 26 heavy (non-hydrogen) atoms. The molecule has 2 amide bonds. The van der Waals surface area contributed by atoms with Crippen LogP contribution in [0.1, 0.15) is 17.3 Å². The van der Waals surface area contributed by atoms with Gasteiger partial charge in [0.15, 0.2) is 5.65 Å². The van der Waals surface area contributed by atoms with Crippen LogP contribution in [0, 0.1) is 19.8 Å². The second-order valence-electron chi connectivity index (χ2n) is 6.49. The molecule has 1 fully saturated rings. The minimum atomic E-state index is -0.298. The van der Waals surface area contributed by atoms with Crippen LogP contribution in [-0.2, 0) is 11.2 Å². The Morgan fingerprint density at radius 1 is 1.38 bits per heavy atom. The van der Waals surface area contributed by atoms with Gasteiger partial charge >= 0.3 is 6.03 Å². The number of rotatable bonds is 4. The molecule has 0 spiro atoms. The van der Waals surface area contributed by atoms with E-state index in [1.54, 1.807) is 16.8 Å². The first-order chi connectivity index (χ1) is 12.6. The molecule has 9 heteroatoms. The number of ether oxygens (including phenoxy) is 1. The van der Waals surface area contributed by atoms with Crippen molar-refractivity contribution >= 4 is 17.4 Å². The Labute approximate surface area is 149 Å². The average molecular weight is 356 g/mol. The largest absolute Gasteiger partial charge is 0.379 e. The molecule has 1 aliphatic rings. The quantitative estimate of drug-likeness (QED) is 0.737. The number of aromatic nitrogens is 4. The number of hydrogen-bond donors (Lipinski definition) is 2. The number of nitrogens with zero attached hydrogens (tertiary/aromatic N) is 4. The minimum Gasteiger partial charge on any atom is -0.379 e. The number of amides is 2. The number of nitrogens with one attached hydrogen (secondary N) is 2. The highest BCUT2D eigenvalue weighted by Crippen LogP contribution is 2.20. The Kier molecular flexibility index (Phi) is 4.29. The Morgan fingerprint density at radius 3 is 3.08 bits per heavy atom. The molecule has 0 bridgehead atoms. The third kappa shape index (κ3) is 3.38. The lowest BCUT2D eigenvalue weighted by molar-refractivity contribution is 0.181. The van der Waals surface area contributed by atoms with E-state index in [0.717, 1.165) is 11.5 Å². The molecule has 3 aromatic rings. The molecule has 0 saturated carbocycles. The Bertz CT molecular complexity index is 934. The number of carbonyl (C=O) groups excluding carboxylic acids is 1. The lowest BCUT2D eigenvalue weighted by Gasteiger charge is -2.18. The predicted octanol–water partition coefficient (Wildman–Crippen LogP) is 1.71. The summed E-state index contributed by atoms with van der Waals surface area (Å²) in [5, 5.41) is 14.0. The molecule has 4 rings (SSSR count). The van der Waals surface area contributed by atoms with Crippen molar-refractivity contribution in [3.05, 3.63) is 41.7 Å². The molecular weight excluding hydrogens is 336 g/mol. The number of pyridine rings is 1. The molecule has 0 aliphatic carbocycles. The monoisotopic (exact) mass is 356 g/mol. The summed E-state index contributed by atoms with van der Waals surface area (Å²) in [5.74, 6) is 1.58. The molecule has 4 heterocycles. The third-order valence-corrected chi connectivity index (χ3v) is 4.37. The van der Waals surface area contributed by atoms with Crippen molar-refractivity contribution in [1.82, 2.24) is 25.1 Å². The smallest absolute Gasteiger partial charge is 0.319 e. The van der Waals surface area contributed by atoms with Crippen molar-refractivity contribution in [1.29, 1.82) is 0 Å². The summed E-state index contributed by atoms with van der Waals surface area (Å²) in [5.41, 5.74) is 2.06. The van der Waals surface area contributed by atoms with Gasteiger partial charge in [0.2, 0.25) is 0 Å². The molecule has 3 aromatic heterocycles. The minimum absolute atomic E-state index is 0.0975. The molecule has 9 nitrogen and oxygen atoms in total. The molecule has 0 radical (unpaired) electrons. The summed E-state index contributed by atoms with van der Waals surface area (Å²) < 4.78 is 12.5. The van der Waals surface area contributed by atoms with Crippen LogP contribution < -0.4 is 10.6 Å². The fourth-order valence-electron chi connectivity index (χ4n) is 3.17. The molecule has 1 aliphatic heterocycles. The van der Waals surface area contributed by atoms with Gasteiger partial charge in [-0.1, -0.05) is 5.16 Å². The summed E-state index contributed by atoms with van der Waals surface area (Å²) in [7, 11) is 0. The van der Waals surface area contributed by atoms with Gasteiger partial charge in [0.25, 0.3) is 0 Å². The van der Waals surface area contributed by atoms with Crippen molar-refractivity contribution in [2.24, 2.45) is 5.92 Å². The van der Waals surface area contributed by atoms with Gasteiger partial charge in [-0.2, -0.15) is 5.10 Å². The first-order valence-electron chi connectivity index (χ1n) is 8.48. The summed E-state index contributed by atoms with van der Waals surface area (Å²) in [6, 6.07) is 5.12. The topological polar surface area (TPSA) is 107 Å². The van der Waals surface area contributed by atoms with Crippen molar-refractivity contribution in [3.8, 4) is 0 Å². The van der Waals surface area contributed by atoms with Crippen LogP contribution in [0.25, 0.3) is 5.65 Å². The van der Waals surface area contributed by atoms with Crippen molar-refractivity contribution < 1.29 is 14.1 Å². The molecule has 2 N–H and O–H groups in total. The maximum absolute atomic E-state index is 12.5. The van der Waals surface area contributed by atoms with Gasteiger partial charge in [-0.25, -0.2) is 14.3 Å². The van der Waals surface area contributed by atoms with E-state index in [4.69, 9.17) is 9.26 Å². The summed E-state index contributed by atoms with van der Waals surface area (Å²) in [6.07, 6.45) is 2.46. The number of anilines is 1. The summed E-state index contributed by atoms with van der Waals surface area (Å²) in [6.45, 7) is 4.74. The van der Waals surface area contributed by atoms with Crippen LogP contribution >= 0.6 is 0 Å². The van der Waals surface area contributed by atoms with E-state index in [1.807, 2.05) is 26.0 Å². The van der Waals surface area contributed by atoms with E-state index in [0.29, 0.717) is 36.8 Å². The molecular formula is C17H20N6O3. The lowest BCUT2D eigenvalue weighted by Crippen LogP contribution is -2.42. The van der Waals surface area contributed by atoms with Gasteiger partial charge < -0.3 is 19.9 Å². The average Bonchev–Trinajstić information content (AvgIpc) is 3.29. The van der Waals surface area contributed by atoms with Crippen LogP contribution in [0.4, 0.5) is 10.5 Å². The molecule has 136 valence electrons. The van der Waals surface area contributed by atoms with E-state index in [2.05, 4.69) is 25.9 Å². The van der Waals surface area contributed by atoms with Crippen molar-refractivity contribution in [2.45, 2.75) is 26.3 Å². The van der Waals surface area contributed by atoms with Crippen LogP contribution in [0.3, 0.4) is 0 Å². The van der Waals surface area contributed by atoms with Gasteiger partial charge in [0.1, 0.15) is 11.6 Å². The predicted molar refractivity (Wildman–Crippen MR) is 92.9 cm³/mol. The second-order valence-corrected chi connectivity index (χ2v) is 6.49. The Hall–Kier alpha value is -2.94. The fourth-order valence-corrected chi connectivity index (χ4v) is 3.17. The number of hydrogen-bond acceptors (Lipinski definition) is 6. The second kappa shape index (κ2) is 6.75.